The predicted molar refractivity (Wildman–Crippen MR) is 97.2 cm³/mol. The fraction of sp³-hybridized carbons (Fsp3) is 0.600. The highest BCUT2D eigenvalue weighted by atomic mass is 16.5. The molecule has 1 rings (SSSR count). The number of hydrogen-bond acceptors (Lipinski definition) is 5. The molecule has 0 bridgehead atoms. The summed E-state index contributed by atoms with van der Waals surface area (Å²) in [6, 6.07) is 1.67. The number of rotatable bonds is 10. The Morgan fingerprint density at radius 2 is 1.56 bits per heavy atom. The summed E-state index contributed by atoms with van der Waals surface area (Å²) in [7, 11) is 2.58. The van der Waals surface area contributed by atoms with Crippen molar-refractivity contribution in [2.75, 3.05) is 14.2 Å². The molecule has 0 amide bonds. The Morgan fingerprint density at radius 1 is 0.920 bits per heavy atom. The van der Waals surface area contributed by atoms with Crippen molar-refractivity contribution < 1.29 is 24.2 Å². The van der Waals surface area contributed by atoms with Gasteiger partial charge in [0.25, 0.3) is 0 Å². The fourth-order valence-electron chi connectivity index (χ4n) is 3.00. The van der Waals surface area contributed by atoms with Gasteiger partial charge in [-0.15, -0.1) is 0 Å². The number of benzene rings is 1. The largest absolute Gasteiger partial charge is 0.507 e. The van der Waals surface area contributed by atoms with Gasteiger partial charge in [-0.05, 0) is 36.5 Å². The highest BCUT2D eigenvalue weighted by Gasteiger charge is 2.26. The maximum absolute atomic E-state index is 12.2. The Labute approximate surface area is 150 Å². The smallest absolute Gasteiger partial charge is 0.341 e. The van der Waals surface area contributed by atoms with E-state index in [1.54, 1.807) is 6.07 Å². The number of unbranched alkanes of at least 4 members (excludes halogenated alkanes) is 4. The number of aromatic hydroxyl groups is 1. The van der Waals surface area contributed by atoms with Crippen LogP contribution in [-0.2, 0) is 22.3 Å². The van der Waals surface area contributed by atoms with E-state index < -0.39 is 11.9 Å². The van der Waals surface area contributed by atoms with E-state index in [-0.39, 0.29) is 11.3 Å². The van der Waals surface area contributed by atoms with Crippen LogP contribution in [-0.4, -0.2) is 31.3 Å². The van der Waals surface area contributed by atoms with Crippen molar-refractivity contribution in [2.45, 2.75) is 65.2 Å². The van der Waals surface area contributed by atoms with E-state index in [0.717, 1.165) is 32.1 Å². The molecule has 0 fully saturated rings. The molecule has 1 N–H and O–H groups in total. The Balaban J connectivity index is 3.28. The van der Waals surface area contributed by atoms with E-state index in [1.807, 2.05) is 6.92 Å². The fourth-order valence-corrected chi connectivity index (χ4v) is 3.00. The first kappa shape index (κ1) is 21.0. The van der Waals surface area contributed by atoms with Gasteiger partial charge in [0.2, 0.25) is 0 Å². The molecule has 0 saturated carbocycles. The predicted octanol–water partition coefficient (Wildman–Crippen LogP) is 4.43. The zero-order valence-corrected chi connectivity index (χ0v) is 15.8. The third-order valence-electron chi connectivity index (χ3n) is 4.33. The maximum atomic E-state index is 12.2. The van der Waals surface area contributed by atoms with E-state index in [9.17, 15) is 14.7 Å². The SMILES string of the molecule is CCCCCCCc1cc(C(=O)OC)c(CCC)c(C(=O)OC)c1O. The maximum Gasteiger partial charge on any atom is 0.341 e. The second kappa shape index (κ2) is 10.7. The van der Waals surface area contributed by atoms with Crippen molar-refractivity contribution in [1.82, 2.24) is 0 Å². The van der Waals surface area contributed by atoms with Crippen LogP contribution in [0.25, 0.3) is 0 Å². The van der Waals surface area contributed by atoms with Crippen molar-refractivity contribution in [3.63, 3.8) is 0 Å². The summed E-state index contributed by atoms with van der Waals surface area (Å²) in [4.78, 5) is 24.4. The molecule has 0 radical (unpaired) electrons. The van der Waals surface area contributed by atoms with Crippen molar-refractivity contribution in [3.8, 4) is 5.75 Å². The van der Waals surface area contributed by atoms with Crippen LogP contribution in [0.4, 0.5) is 0 Å². The van der Waals surface area contributed by atoms with Gasteiger partial charge in [-0.2, -0.15) is 0 Å². The molecule has 5 nitrogen and oxygen atoms in total. The first-order valence-corrected chi connectivity index (χ1v) is 9.06. The minimum atomic E-state index is -0.626. The van der Waals surface area contributed by atoms with Gasteiger partial charge in [-0.1, -0.05) is 46.0 Å². The van der Waals surface area contributed by atoms with Crippen LogP contribution in [0, 0.1) is 0 Å². The molecule has 0 unspecified atom stereocenters. The Morgan fingerprint density at radius 3 is 2.12 bits per heavy atom. The number of carbonyl (C=O) groups is 2. The molecular formula is C20H30O5. The van der Waals surface area contributed by atoms with Gasteiger partial charge in [0, 0.05) is 0 Å². The van der Waals surface area contributed by atoms with Crippen molar-refractivity contribution in [2.24, 2.45) is 0 Å². The van der Waals surface area contributed by atoms with Crippen LogP contribution < -0.4 is 0 Å². The molecule has 0 aliphatic heterocycles. The van der Waals surface area contributed by atoms with E-state index in [2.05, 4.69) is 6.92 Å². The molecule has 1 aromatic rings. The standard InChI is InChI=1S/C20H30O5/c1-5-7-8-9-10-12-14-13-16(19(22)24-3)15(11-6-2)17(18(14)21)20(23)25-4/h13,21H,5-12H2,1-4H3. The van der Waals surface area contributed by atoms with Gasteiger partial charge in [-0.3, -0.25) is 0 Å². The zero-order valence-electron chi connectivity index (χ0n) is 15.8. The van der Waals surface area contributed by atoms with E-state index in [0.29, 0.717) is 29.5 Å². The van der Waals surface area contributed by atoms with E-state index in [4.69, 9.17) is 9.47 Å². The molecule has 0 spiro atoms. The molecule has 5 heteroatoms. The summed E-state index contributed by atoms with van der Waals surface area (Å²) < 4.78 is 9.71. The molecule has 0 heterocycles. The van der Waals surface area contributed by atoms with Gasteiger partial charge in [0.05, 0.1) is 19.8 Å². The van der Waals surface area contributed by atoms with Crippen LogP contribution in [0.1, 0.15) is 84.2 Å². The summed E-state index contributed by atoms with van der Waals surface area (Å²) in [5.41, 5.74) is 1.52. The third kappa shape index (κ3) is 5.48. The summed E-state index contributed by atoms with van der Waals surface area (Å²) in [6.07, 6.45) is 7.24. The number of methoxy groups -OCH3 is 2. The molecule has 0 atom stereocenters. The van der Waals surface area contributed by atoms with Crippen LogP contribution >= 0.6 is 0 Å². The summed E-state index contributed by atoms with van der Waals surface area (Å²) >= 11 is 0. The molecular weight excluding hydrogens is 320 g/mol. The monoisotopic (exact) mass is 350 g/mol. The summed E-state index contributed by atoms with van der Waals surface area (Å²) in [5, 5.41) is 10.6. The third-order valence-corrected chi connectivity index (χ3v) is 4.33. The van der Waals surface area contributed by atoms with Crippen LogP contribution in [0.5, 0.6) is 5.75 Å². The topological polar surface area (TPSA) is 72.8 Å². The lowest BCUT2D eigenvalue weighted by Gasteiger charge is -2.17. The second-order valence-electron chi connectivity index (χ2n) is 6.18. The highest BCUT2D eigenvalue weighted by Crippen LogP contribution is 2.32. The van der Waals surface area contributed by atoms with Crippen molar-refractivity contribution in [3.05, 3.63) is 28.3 Å². The number of esters is 2. The molecule has 0 saturated heterocycles. The molecule has 140 valence electrons. The van der Waals surface area contributed by atoms with Gasteiger partial charge in [0.1, 0.15) is 11.3 Å². The molecule has 1 aromatic carbocycles. The van der Waals surface area contributed by atoms with Crippen molar-refractivity contribution in [1.29, 1.82) is 0 Å². The Bertz CT molecular complexity index is 592. The molecule has 0 aliphatic carbocycles. The van der Waals surface area contributed by atoms with Crippen LogP contribution in [0.15, 0.2) is 6.07 Å². The van der Waals surface area contributed by atoms with Crippen LogP contribution in [0.3, 0.4) is 0 Å². The Kier molecular flexibility index (Phi) is 9.03. The summed E-state index contributed by atoms with van der Waals surface area (Å²) in [5.74, 6) is -1.20. The number of hydrogen-bond donors (Lipinski definition) is 1. The lowest BCUT2D eigenvalue weighted by atomic mass is 9.91. The van der Waals surface area contributed by atoms with Gasteiger partial charge >= 0.3 is 11.9 Å². The number of phenols is 1. The first-order valence-electron chi connectivity index (χ1n) is 9.06. The molecule has 0 aromatic heterocycles. The van der Waals surface area contributed by atoms with E-state index >= 15 is 0 Å². The lowest BCUT2D eigenvalue weighted by Crippen LogP contribution is -2.14. The van der Waals surface area contributed by atoms with Crippen LogP contribution in [0.2, 0.25) is 0 Å². The number of carbonyl (C=O) groups excluding carboxylic acids is 2. The lowest BCUT2D eigenvalue weighted by molar-refractivity contribution is 0.0594. The highest BCUT2D eigenvalue weighted by molar-refractivity contribution is 6.00. The first-order chi connectivity index (χ1) is 12.0. The number of phenolic OH excluding ortho intramolecular Hbond substituents is 1. The Hall–Kier alpha value is -2.04. The minimum Gasteiger partial charge on any atom is -0.507 e. The quantitative estimate of drug-likeness (QED) is 0.499. The van der Waals surface area contributed by atoms with Gasteiger partial charge in [0.15, 0.2) is 0 Å². The number of aryl methyl sites for hydroxylation is 1. The average Bonchev–Trinajstić information content (AvgIpc) is 2.62. The normalized spacial score (nSPS) is 10.6. The van der Waals surface area contributed by atoms with E-state index in [1.165, 1.54) is 20.6 Å². The average molecular weight is 350 g/mol. The second-order valence-corrected chi connectivity index (χ2v) is 6.18. The molecule has 0 aliphatic rings. The number of ether oxygens (including phenoxy) is 2. The molecule has 25 heavy (non-hydrogen) atoms. The van der Waals surface area contributed by atoms with Gasteiger partial charge in [-0.25, -0.2) is 9.59 Å². The zero-order chi connectivity index (χ0) is 18.8. The minimum absolute atomic E-state index is 0.0709. The van der Waals surface area contributed by atoms with Gasteiger partial charge < -0.3 is 14.6 Å². The summed E-state index contributed by atoms with van der Waals surface area (Å²) in [6.45, 7) is 4.10. The van der Waals surface area contributed by atoms with Crippen molar-refractivity contribution >= 4 is 11.9 Å².